The van der Waals surface area contributed by atoms with Gasteiger partial charge in [-0.1, -0.05) is 13.8 Å². The Morgan fingerprint density at radius 1 is 1.27 bits per heavy atom. The minimum atomic E-state index is 0.126. The molecule has 1 aromatic rings. The zero-order valence-electron chi connectivity index (χ0n) is 9.77. The fraction of sp³-hybridized carbons (Fsp3) is 0.636. The van der Waals surface area contributed by atoms with Crippen LogP contribution < -0.4 is 5.32 Å². The van der Waals surface area contributed by atoms with Gasteiger partial charge in [-0.05, 0) is 13.0 Å². The summed E-state index contributed by atoms with van der Waals surface area (Å²) in [7, 11) is 3.66. The second-order valence-electron chi connectivity index (χ2n) is 3.88. The molecule has 1 heterocycles. The summed E-state index contributed by atoms with van der Waals surface area (Å²) in [5.74, 6) is 0.438. The summed E-state index contributed by atoms with van der Waals surface area (Å²) in [5, 5.41) is 3.25. The Morgan fingerprint density at radius 2 is 1.87 bits per heavy atom. The molecule has 4 nitrogen and oxygen atoms in total. The fourth-order valence-electron chi connectivity index (χ4n) is 1.78. The van der Waals surface area contributed by atoms with Crippen LogP contribution in [0.2, 0.25) is 0 Å². The third kappa shape index (κ3) is 2.97. The summed E-state index contributed by atoms with van der Waals surface area (Å²) >= 11 is 0. The van der Waals surface area contributed by atoms with Crippen LogP contribution in [0.15, 0.2) is 18.7 Å². The second kappa shape index (κ2) is 5.78. The van der Waals surface area contributed by atoms with Gasteiger partial charge in [0.25, 0.3) is 0 Å². The molecule has 0 aliphatic heterocycles. The molecule has 0 amide bonds. The van der Waals surface area contributed by atoms with Gasteiger partial charge in [0.1, 0.15) is 6.33 Å². The minimum absolute atomic E-state index is 0.126. The van der Waals surface area contributed by atoms with E-state index in [-0.39, 0.29) is 12.1 Å². The van der Waals surface area contributed by atoms with Crippen molar-refractivity contribution in [1.29, 1.82) is 0 Å². The van der Waals surface area contributed by atoms with Gasteiger partial charge in [-0.15, -0.1) is 0 Å². The van der Waals surface area contributed by atoms with Crippen LogP contribution in [0.4, 0.5) is 0 Å². The maximum Gasteiger partial charge on any atom is 0.115 e. The van der Waals surface area contributed by atoms with E-state index in [1.807, 2.05) is 19.4 Å². The van der Waals surface area contributed by atoms with E-state index in [0.29, 0.717) is 5.92 Å². The molecule has 1 aromatic heterocycles. The number of likely N-dealkylation sites (N-methyl/N-ethyl adjacent to an activating group) is 1. The first-order valence-corrected chi connectivity index (χ1v) is 5.15. The number of aromatic nitrogens is 2. The van der Waals surface area contributed by atoms with Crippen molar-refractivity contribution in [1.82, 2.24) is 15.3 Å². The third-order valence-corrected chi connectivity index (χ3v) is 2.51. The monoisotopic (exact) mass is 209 g/mol. The summed E-state index contributed by atoms with van der Waals surface area (Å²) in [5.41, 5.74) is 1.06. The third-order valence-electron chi connectivity index (χ3n) is 2.51. The van der Waals surface area contributed by atoms with Gasteiger partial charge in [0, 0.05) is 25.1 Å². The maximum atomic E-state index is 5.50. The summed E-state index contributed by atoms with van der Waals surface area (Å²) in [6.07, 6.45) is 5.31. The number of nitrogens with one attached hydrogen (secondary N) is 1. The predicted octanol–water partition coefficient (Wildman–Crippen LogP) is 1.41. The first-order chi connectivity index (χ1) is 7.20. The molecule has 0 spiro atoms. The number of nitrogens with zero attached hydrogens (tertiary/aromatic N) is 2. The van der Waals surface area contributed by atoms with E-state index in [1.165, 1.54) is 6.33 Å². The highest BCUT2D eigenvalue weighted by Gasteiger charge is 2.24. The molecule has 2 unspecified atom stereocenters. The molecule has 0 aliphatic carbocycles. The van der Waals surface area contributed by atoms with Gasteiger partial charge in [0.2, 0.25) is 0 Å². The van der Waals surface area contributed by atoms with Crippen molar-refractivity contribution >= 4 is 0 Å². The van der Waals surface area contributed by atoms with E-state index in [0.717, 1.165) is 5.56 Å². The molecule has 0 saturated carbocycles. The quantitative estimate of drug-likeness (QED) is 0.796. The first-order valence-electron chi connectivity index (χ1n) is 5.15. The smallest absolute Gasteiger partial charge is 0.115 e. The molecule has 0 radical (unpaired) electrons. The Kier molecular flexibility index (Phi) is 4.65. The van der Waals surface area contributed by atoms with E-state index in [1.54, 1.807) is 7.11 Å². The average molecular weight is 209 g/mol. The molecule has 1 N–H and O–H groups in total. The molecular formula is C11H19N3O. The van der Waals surface area contributed by atoms with E-state index in [9.17, 15) is 0 Å². The van der Waals surface area contributed by atoms with E-state index in [4.69, 9.17) is 4.74 Å². The lowest BCUT2D eigenvalue weighted by Gasteiger charge is -2.28. The number of ether oxygens (including phenoxy) is 1. The Balaban J connectivity index is 2.87. The molecule has 4 heteroatoms. The number of methoxy groups -OCH3 is 1. The summed E-state index contributed by atoms with van der Waals surface area (Å²) in [6, 6.07) is 0.135. The maximum absolute atomic E-state index is 5.50. The molecule has 0 bridgehead atoms. The van der Waals surface area contributed by atoms with Crippen molar-refractivity contribution < 1.29 is 4.74 Å². The van der Waals surface area contributed by atoms with Crippen LogP contribution in [-0.4, -0.2) is 30.2 Å². The van der Waals surface area contributed by atoms with Crippen LogP contribution in [-0.2, 0) is 4.74 Å². The molecule has 0 saturated heterocycles. The zero-order chi connectivity index (χ0) is 11.3. The lowest BCUT2D eigenvalue weighted by molar-refractivity contribution is 0.0346. The fourth-order valence-corrected chi connectivity index (χ4v) is 1.78. The highest BCUT2D eigenvalue weighted by molar-refractivity contribution is 5.11. The van der Waals surface area contributed by atoms with Gasteiger partial charge in [-0.2, -0.15) is 0 Å². The van der Waals surface area contributed by atoms with Gasteiger partial charge >= 0.3 is 0 Å². The highest BCUT2D eigenvalue weighted by Crippen LogP contribution is 2.22. The van der Waals surface area contributed by atoms with Crippen LogP contribution in [0, 0.1) is 5.92 Å². The summed E-state index contributed by atoms with van der Waals surface area (Å²) < 4.78 is 5.50. The second-order valence-corrected chi connectivity index (χ2v) is 3.88. The summed E-state index contributed by atoms with van der Waals surface area (Å²) in [6.45, 7) is 4.28. The number of rotatable bonds is 5. The standard InChI is InChI=1S/C11H19N3O/c1-8(2)11(15-4)10(12-3)9-5-13-7-14-6-9/h5-8,10-12H,1-4H3. The van der Waals surface area contributed by atoms with E-state index < -0.39 is 0 Å². The minimum Gasteiger partial charge on any atom is -0.379 e. The Morgan fingerprint density at radius 3 is 2.27 bits per heavy atom. The van der Waals surface area contributed by atoms with Crippen LogP contribution >= 0.6 is 0 Å². The normalized spacial score (nSPS) is 15.3. The number of hydrogen-bond donors (Lipinski definition) is 1. The van der Waals surface area contributed by atoms with Crippen LogP contribution in [0.1, 0.15) is 25.5 Å². The number of hydrogen-bond acceptors (Lipinski definition) is 4. The lowest BCUT2D eigenvalue weighted by Crippen LogP contribution is -2.34. The van der Waals surface area contributed by atoms with E-state index >= 15 is 0 Å². The van der Waals surface area contributed by atoms with Gasteiger partial charge in [-0.25, -0.2) is 9.97 Å². The molecule has 84 valence electrons. The zero-order valence-corrected chi connectivity index (χ0v) is 9.77. The predicted molar refractivity (Wildman–Crippen MR) is 59.5 cm³/mol. The van der Waals surface area contributed by atoms with Crippen molar-refractivity contribution in [2.45, 2.75) is 26.0 Å². The van der Waals surface area contributed by atoms with E-state index in [2.05, 4.69) is 29.1 Å². The molecule has 2 atom stereocenters. The Labute approximate surface area is 91.1 Å². The average Bonchev–Trinajstić information content (AvgIpc) is 2.26. The topological polar surface area (TPSA) is 47.0 Å². The molecular weight excluding hydrogens is 190 g/mol. The Hall–Kier alpha value is -1.00. The van der Waals surface area contributed by atoms with Crippen LogP contribution in [0.3, 0.4) is 0 Å². The van der Waals surface area contributed by atoms with Gasteiger partial charge in [-0.3, -0.25) is 0 Å². The molecule has 15 heavy (non-hydrogen) atoms. The first kappa shape index (κ1) is 12.1. The van der Waals surface area contributed by atoms with Gasteiger partial charge < -0.3 is 10.1 Å². The largest absolute Gasteiger partial charge is 0.379 e. The molecule has 0 fully saturated rings. The Bertz CT molecular complexity index is 276. The summed E-state index contributed by atoms with van der Waals surface area (Å²) in [4.78, 5) is 8.05. The van der Waals surface area contributed by atoms with Crippen molar-refractivity contribution in [3.8, 4) is 0 Å². The molecule has 0 aliphatic rings. The van der Waals surface area contributed by atoms with Crippen molar-refractivity contribution in [3.05, 3.63) is 24.3 Å². The van der Waals surface area contributed by atoms with Crippen molar-refractivity contribution in [2.24, 2.45) is 5.92 Å². The van der Waals surface area contributed by atoms with Crippen LogP contribution in [0.25, 0.3) is 0 Å². The lowest BCUT2D eigenvalue weighted by atomic mass is 9.95. The molecule has 0 aromatic carbocycles. The van der Waals surface area contributed by atoms with Gasteiger partial charge in [0.15, 0.2) is 0 Å². The van der Waals surface area contributed by atoms with Gasteiger partial charge in [0.05, 0.1) is 12.1 Å². The van der Waals surface area contributed by atoms with Crippen molar-refractivity contribution in [3.63, 3.8) is 0 Å². The SMILES string of the molecule is CNC(c1cncnc1)C(OC)C(C)C. The van der Waals surface area contributed by atoms with Crippen LogP contribution in [0.5, 0.6) is 0 Å². The van der Waals surface area contributed by atoms with Crippen molar-refractivity contribution in [2.75, 3.05) is 14.2 Å². The molecule has 1 rings (SSSR count). The highest BCUT2D eigenvalue weighted by atomic mass is 16.5.